The first kappa shape index (κ1) is 39.2. The lowest BCUT2D eigenvalue weighted by molar-refractivity contribution is 0.669. The van der Waals surface area contributed by atoms with Crippen LogP contribution in [-0.2, 0) is 0 Å². The lowest BCUT2D eigenvalue weighted by Gasteiger charge is -2.20. The van der Waals surface area contributed by atoms with E-state index in [1.165, 1.54) is 109 Å². The molecular weight excluding hydrogens is 833 g/mol. The van der Waals surface area contributed by atoms with Crippen molar-refractivity contribution in [3.05, 3.63) is 255 Å². The molecule has 0 unspecified atom stereocenters. The highest BCUT2D eigenvalue weighted by molar-refractivity contribution is 6.28. The van der Waals surface area contributed by atoms with Gasteiger partial charge in [-0.25, -0.2) is 0 Å². The van der Waals surface area contributed by atoms with Crippen molar-refractivity contribution >= 4 is 75.8 Å². The number of fused-ring (bicyclic) bond motifs is 8. The van der Waals surface area contributed by atoms with Gasteiger partial charge in [0.05, 0.1) is 0 Å². The fraction of sp³-hybridized carbons (Fsp3) is 0. The summed E-state index contributed by atoms with van der Waals surface area (Å²) in [5.74, 6) is 0. The van der Waals surface area contributed by atoms with Gasteiger partial charge in [-0.3, -0.25) is 0 Å². The normalized spacial score (nSPS) is 11.8. The molecule has 14 aromatic rings. The Balaban J connectivity index is 0.990. The zero-order valence-electron chi connectivity index (χ0n) is 37.7. The number of hydrogen-bond acceptors (Lipinski definition) is 1. The predicted molar refractivity (Wildman–Crippen MR) is 294 cm³/mol. The van der Waals surface area contributed by atoms with Crippen LogP contribution in [0.15, 0.2) is 259 Å². The van der Waals surface area contributed by atoms with Crippen molar-refractivity contribution in [3.8, 4) is 66.8 Å². The zero-order valence-corrected chi connectivity index (χ0v) is 37.7. The Kier molecular flexibility index (Phi) is 8.97. The van der Waals surface area contributed by atoms with E-state index in [4.69, 9.17) is 4.42 Å². The largest absolute Gasteiger partial charge is 0.456 e. The summed E-state index contributed by atoms with van der Waals surface area (Å²) in [5.41, 5.74) is 16.4. The summed E-state index contributed by atoms with van der Waals surface area (Å²) >= 11 is 0. The Morgan fingerprint density at radius 1 is 0.188 bits per heavy atom. The van der Waals surface area contributed by atoms with E-state index >= 15 is 0 Å². The second-order valence-corrected chi connectivity index (χ2v) is 18.2. The van der Waals surface area contributed by atoms with Gasteiger partial charge in [0.1, 0.15) is 11.2 Å². The van der Waals surface area contributed by atoms with Crippen LogP contribution >= 0.6 is 0 Å². The summed E-state index contributed by atoms with van der Waals surface area (Å²) in [6.07, 6.45) is 0. The summed E-state index contributed by atoms with van der Waals surface area (Å²) in [6, 6.07) is 93.2. The first-order chi connectivity index (χ1) is 34.3. The molecule has 0 saturated carbocycles. The van der Waals surface area contributed by atoms with E-state index < -0.39 is 0 Å². The quantitative estimate of drug-likeness (QED) is 0.152. The van der Waals surface area contributed by atoms with Crippen molar-refractivity contribution in [2.45, 2.75) is 0 Å². The maximum absolute atomic E-state index is 6.81. The van der Waals surface area contributed by atoms with Crippen molar-refractivity contribution in [1.29, 1.82) is 0 Å². The number of furan rings is 1. The van der Waals surface area contributed by atoms with E-state index in [0.29, 0.717) is 0 Å². The van der Waals surface area contributed by atoms with Crippen molar-refractivity contribution in [3.63, 3.8) is 0 Å². The van der Waals surface area contributed by atoms with E-state index in [-0.39, 0.29) is 0 Å². The topological polar surface area (TPSA) is 13.1 Å². The average molecular weight is 875 g/mol. The van der Waals surface area contributed by atoms with Crippen LogP contribution in [-0.4, -0.2) is 0 Å². The molecule has 0 N–H and O–H groups in total. The van der Waals surface area contributed by atoms with Crippen LogP contribution in [0, 0.1) is 0 Å². The van der Waals surface area contributed by atoms with Crippen molar-refractivity contribution in [1.82, 2.24) is 0 Å². The fourth-order valence-corrected chi connectivity index (χ4v) is 11.5. The second kappa shape index (κ2) is 15.8. The lowest BCUT2D eigenvalue weighted by Crippen LogP contribution is -1.93. The van der Waals surface area contributed by atoms with Gasteiger partial charge in [-0.1, -0.05) is 237 Å². The summed E-state index contributed by atoms with van der Waals surface area (Å²) in [4.78, 5) is 0. The third kappa shape index (κ3) is 6.18. The maximum atomic E-state index is 6.81. The maximum Gasteiger partial charge on any atom is 0.136 e. The Bertz CT molecular complexity index is 4220. The van der Waals surface area contributed by atoms with E-state index in [0.717, 1.165) is 33.1 Å². The molecule has 1 heteroatoms. The van der Waals surface area contributed by atoms with Crippen LogP contribution in [0.3, 0.4) is 0 Å². The van der Waals surface area contributed by atoms with Gasteiger partial charge in [0, 0.05) is 10.8 Å². The van der Waals surface area contributed by atoms with Gasteiger partial charge < -0.3 is 4.42 Å². The monoisotopic (exact) mass is 874 g/mol. The summed E-state index contributed by atoms with van der Waals surface area (Å²) < 4.78 is 6.81. The van der Waals surface area contributed by atoms with Gasteiger partial charge in [0.15, 0.2) is 0 Å². The molecule has 13 aromatic carbocycles. The summed E-state index contributed by atoms with van der Waals surface area (Å²) in [6.45, 7) is 0. The molecule has 0 aliphatic rings. The number of benzene rings is 13. The van der Waals surface area contributed by atoms with Gasteiger partial charge in [-0.05, 0) is 139 Å². The molecule has 0 amide bonds. The Labute approximate surface area is 399 Å². The van der Waals surface area contributed by atoms with Gasteiger partial charge in [-0.2, -0.15) is 0 Å². The lowest BCUT2D eigenvalue weighted by atomic mass is 9.83. The van der Waals surface area contributed by atoms with Crippen LogP contribution in [0.1, 0.15) is 0 Å². The third-order valence-electron chi connectivity index (χ3n) is 14.5. The molecule has 0 aliphatic heterocycles. The van der Waals surface area contributed by atoms with E-state index in [2.05, 4.69) is 255 Å². The smallest absolute Gasteiger partial charge is 0.136 e. The molecule has 1 aromatic heterocycles. The van der Waals surface area contributed by atoms with E-state index in [1.54, 1.807) is 0 Å². The molecule has 0 atom stereocenters. The minimum atomic E-state index is 0.875. The SMILES string of the molecule is c1ccc(-c2ccc(-c3c4ccccc4c(-c4ccc5oc6cccc(-c7c8ccccc8c(-c8ccc(-c9ccccc9)c9ccccc89)c8ccccc78)c6c5c4)c4ccccc34)cc2)cc1. The Morgan fingerprint density at radius 3 is 1.13 bits per heavy atom. The molecule has 1 heterocycles. The van der Waals surface area contributed by atoms with Crippen LogP contribution in [0.4, 0.5) is 0 Å². The molecular formula is C68H42O. The van der Waals surface area contributed by atoms with Crippen molar-refractivity contribution < 1.29 is 4.42 Å². The molecule has 1 nitrogen and oxygen atoms in total. The first-order valence-corrected chi connectivity index (χ1v) is 23.8. The standard InChI is InChI=1S/C68H42O/c1-3-18-43(19-4-1)44-34-36-46(37-35-44)64-51-24-9-11-26-53(51)65(54-27-12-10-25-52(54)64)47-38-41-62-61(42-47)68-60(32-17-33-63(68)69-62)67-57-30-15-13-28-55(57)66(56-29-14-16-31-58(56)67)59-40-39-48(45-20-5-2-6-21-45)49-22-7-8-23-50(49)59/h1-42H. The average Bonchev–Trinajstić information content (AvgIpc) is 3.80. The van der Waals surface area contributed by atoms with Crippen molar-refractivity contribution in [2.75, 3.05) is 0 Å². The Morgan fingerprint density at radius 2 is 0.580 bits per heavy atom. The molecule has 0 bridgehead atoms. The summed E-state index contributed by atoms with van der Waals surface area (Å²) in [5, 5.41) is 14.5. The molecule has 69 heavy (non-hydrogen) atoms. The van der Waals surface area contributed by atoms with Crippen LogP contribution < -0.4 is 0 Å². The van der Waals surface area contributed by atoms with Crippen LogP contribution in [0.5, 0.6) is 0 Å². The molecule has 0 aliphatic carbocycles. The van der Waals surface area contributed by atoms with E-state index in [1.807, 2.05) is 0 Å². The number of hydrogen-bond donors (Lipinski definition) is 0. The third-order valence-corrected chi connectivity index (χ3v) is 14.5. The van der Waals surface area contributed by atoms with Gasteiger partial charge in [-0.15, -0.1) is 0 Å². The minimum absolute atomic E-state index is 0.875. The Hall–Kier alpha value is -9.04. The molecule has 0 spiro atoms. The fourth-order valence-electron chi connectivity index (χ4n) is 11.5. The second-order valence-electron chi connectivity index (χ2n) is 18.2. The van der Waals surface area contributed by atoms with Gasteiger partial charge >= 0.3 is 0 Å². The highest BCUT2D eigenvalue weighted by Gasteiger charge is 2.23. The molecule has 320 valence electrons. The van der Waals surface area contributed by atoms with Crippen LogP contribution in [0.25, 0.3) is 143 Å². The predicted octanol–water partition coefficient (Wildman–Crippen LogP) is 19.4. The highest BCUT2D eigenvalue weighted by atomic mass is 16.3. The summed E-state index contributed by atoms with van der Waals surface area (Å²) in [7, 11) is 0. The molecule has 0 fully saturated rings. The van der Waals surface area contributed by atoms with E-state index in [9.17, 15) is 0 Å². The highest BCUT2D eigenvalue weighted by Crippen LogP contribution is 2.50. The zero-order chi connectivity index (χ0) is 45.4. The molecule has 14 rings (SSSR count). The molecule has 0 saturated heterocycles. The molecule has 0 radical (unpaired) electrons. The van der Waals surface area contributed by atoms with Crippen LogP contribution in [0.2, 0.25) is 0 Å². The first-order valence-electron chi connectivity index (χ1n) is 23.8. The van der Waals surface area contributed by atoms with Gasteiger partial charge in [0.25, 0.3) is 0 Å². The minimum Gasteiger partial charge on any atom is -0.456 e. The number of rotatable bonds is 6. The van der Waals surface area contributed by atoms with Gasteiger partial charge in [0.2, 0.25) is 0 Å². The van der Waals surface area contributed by atoms with Crippen molar-refractivity contribution in [2.24, 2.45) is 0 Å².